The number of halogens is 3. The summed E-state index contributed by atoms with van der Waals surface area (Å²) in [5.74, 6) is 0.821. The quantitative estimate of drug-likeness (QED) is 0.336. The molecular weight excluding hydrogens is 481 g/mol. The molecule has 2 rings (SSSR count). The largest absolute Gasteiger partial charge is 0.435 e. The lowest BCUT2D eigenvalue weighted by atomic mass is 9.84. The van der Waals surface area contributed by atoms with Gasteiger partial charge in [-0.25, -0.2) is 0 Å². The summed E-state index contributed by atoms with van der Waals surface area (Å²) in [7, 11) is 5.22. The van der Waals surface area contributed by atoms with Crippen LogP contribution in [0.25, 0.3) is 0 Å². The predicted molar refractivity (Wildman–Crippen MR) is 116 cm³/mol. The SMILES string of the molecule is CN=C(NCc1cccc(OC(F)F)c1)NCC1(C(=O)N(C)C)CCCC1.I. The van der Waals surface area contributed by atoms with Crippen LogP contribution >= 0.6 is 24.0 Å². The summed E-state index contributed by atoms with van der Waals surface area (Å²) in [4.78, 5) is 18.5. The number of guanidine groups is 1. The molecule has 0 bridgehead atoms. The zero-order valence-corrected chi connectivity index (χ0v) is 18.8. The maximum Gasteiger partial charge on any atom is 0.387 e. The van der Waals surface area contributed by atoms with Gasteiger partial charge in [0.1, 0.15) is 5.75 Å². The molecule has 1 aromatic rings. The molecule has 1 fully saturated rings. The second-order valence-electron chi connectivity index (χ2n) is 6.99. The molecule has 0 radical (unpaired) electrons. The molecule has 9 heteroatoms. The number of hydrogen-bond acceptors (Lipinski definition) is 3. The van der Waals surface area contributed by atoms with Crippen LogP contribution in [0.2, 0.25) is 0 Å². The van der Waals surface area contributed by atoms with Gasteiger partial charge in [0.25, 0.3) is 0 Å². The first-order valence-electron chi connectivity index (χ1n) is 9.06. The minimum atomic E-state index is -2.85. The summed E-state index contributed by atoms with van der Waals surface area (Å²) in [6.07, 6.45) is 3.82. The van der Waals surface area contributed by atoms with Gasteiger partial charge < -0.3 is 20.3 Å². The molecule has 0 saturated heterocycles. The second kappa shape index (κ2) is 11.4. The van der Waals surface area contributed by atoms with Crippen LogP contribution in [0.15, 0.2) is 29.3 Å². The van der Waals surface area contributed by atoms with Gasteiger partial charge >= 0.3 is 6.61 Å². The van der Waals surface area contributed by atoms with Gasteiger partial charge in [0, 0.05) is 34.2 Å². The third-order valence-corrected chi connectivity index (χ3v) is 4.82. The number of ether oxygens (including phenoxy) is 1. The van der Waals surface area contributed by atoms with E-state index in [4.69, 9.17) is 0 Å². The highest BCUT2D eigenvalue weighted by molar-refractivity contribution is 14.0. The van der Waals surface area contributed by atoms with Crippen molar-refractivity contribution in [3.8, 4) is 5.75 Å². The van der Waals surface area contributed by atoms with Gasteiger partial charge in [0.05, 0.1) is 5.41 Å². The van der Waals surface area contributed by atoms with Crippen LogP contribution in [0, 0.1) is 5.41 Å². The molecule has 0 aromatic heterocycles. The second-order valence-corrected chi connectivity index (χ2v) is 6.99. The smallest absolute Gasteiger partial charge is 0.387 e. The molecule has 1 amide bonds. The van der Waals surface area contributed by atoms with Crippen molar-refractivity contribution in [3.63, 3.8) is 0 Å². The van der Waals surface area contributed by atoms with E-state index in [0.717, 1.165) is 31.2 Å². The number of aliphatic imine (C=N–C) groups is 1. The topological polar surface area (TPSA) is 66.0 Å². The van der Waals surface area contributed by atoms with Crippen molar-refractivity contribution in [1.29, 1.82) is 0 Å². The van der Waals surface area contributed by atoms with Gasteiger partial charge in [-0.05, 0) is 30.5 Å². The average Bonchev–Trinajstić information content (AvgIpc) is 3.11. The van der Waals surface area contributed by atoms with Crippen molar-refractivity contribution in [2.45, 2.75) is 38.8 Å². The van der Waals surface area contributed by atoms with E-state index in [1.165, 1.54) is 6.07 Å². The van der Waals surface area contributed by atoms with Crippen LogP contribution in [0.4, 0.5) is 8.78 Å². The molecule has 158 valence electrons. The number of rotatable bonds is 7. The van der Waals surface area contributed by atoms with Gasteiger partial charge in [-0.1, -0.05) is 25.0 Å². The van der Waals surface area contributed by atoms with Gasteiger partial charge in [0.15, 0.2) is 5.96 Å². The van der Waals surface area contributed by atoms with E-state index in [-0.39, 0.29) is 35.6 Å². The summed E-state index contributed by atoms with van der Waals surface area (Å²) < 4.78 is 29.1. The normalized spacial score (nSPS) is 15.7. The lowest BCUT2D eigenvalue weighted by Crippen LogP contribution is -2.49. The Morgan fingerprint density at radius 1 is 1.29 bits per heavy atom. The molecule has 1 aliphatic carbocycles. The Hall–Kier alpha value is -1.65. The Balaban J connectivity index is 0.00000392. The Morgan fingerprint density at radius 3 is 2.54 bits per heavy atom. The number of nitrogens with one attached hydrogen (secondary N) is 2. The zero-order valence-electron chi connectivity index (χ0n) is 16.5. The number of alkyl halides is 2. The van der Waals surface area contributed by atoms with Crippen molar-refractivity contribution in [2.75, 3.05) is 27.7 Å². The van der Waals surface area contributed by atoms with E-state index in [0.29, 0.717) is 19.0 Å². The first kappa shape index (κ1) is 24.4. The maximum atomic E-state index is 12.6. The van der Waals surface area contributed by atoms with Crippen LogP contribution in [0.5, 0.6) is 5.75 Å². The van der Waals surface area contributed by atoms with Crippen molar-refractivity contribution < 1.29 is 18.3 Å². The fraction of sp³-hybridized carbons (Fsp3) is 0.579. The summed E-state index contributed by atoms with van der Waals surface area (Å²) in [6.45, 7) is -1.94. The monoisotopic (exact) mass is 510 g/mol. The molecule has 0 heterocycles. The minimum absolute atomic E-state index is 0. The van der Waals surface area contributed by atoms with Gasteiger partial charge in [0.2, 0.25) is 5.91 Å². The van der Waals surface area contributed by atoms with E-state index in [9.17, 15) is 13.6 Å². The lowest BCUT2D eigenvalue weighted by molar-refractivity contribution is -0.138. The summed E-state index contributed by atoms with van der Waals surface area (Å²) >= 11 is 0. The predicted octanol–water partition coefficient (Wildman–Crippen LogP) is 3.22. The summed E-state index contributed by atoms with van der Waals surface area (Å²) in [5.41, 5.74) is 0.391. The molecule has 0 spiro atoms. The fourth-order valence-corrected chi connectivity index (χ4v) is 3.48. The number of nitrogens with zero attached hydrogens (tertiary/aromatic N) is 2. The standard InChI is InChI=1S/C19H28F2N4O2.HI/c1-22-18(23-12-14-7-6-8-15(11-14)27-17(20)21)24-13-19(9-4-5-10-19)16(26)25(2)3;/h6-8,11,17H,4-5,9-10,12-13H2,1-3H3,(H2,22,23,24);1H. The molecule has 2 N–H and O–H groups in total. The molecule has 28 heavy (non-hydrogen) atoms. The Kier molecular flexibility index (Phi) is 9.91. The molecule has 0 unspecified atom stereocenters. The van der Waals surface area contributed by atoms with Gasteiger partial charge in [-0.2, -0.15) is 8.78 Å². The Bertz CT molecular complexity index is 665. The van der Waals surface area contributed by atoms with Crippen molar-refractivity contribution >= 4 is 35.8 Å². The molecule has 6 nitrogen and oxygen atoms in total. The molecule has 1 saturated carbocycles. The molecule has 1 aromatic carbocycles. The lowest BCUT2D eigenvalue weighted by Gasteiger charge is -2.31. The maximum absolute atomic E-state index is 12.6. The van der Waals surface area contributed by atoms with Gasteiger partial charge in [-0.15, -0.1) is 24.0 Å². The van der Waals surface area contributed by atoms with E-state index in [1.54, 1.807) is 38.2 Å². The summed E-state index contributed by atoms with van der Waals surface area (Å²) in [6, 6.07) is 6.51. The van der Waals surface area contributed by atoms with Crippen LogP contribution in [-0.2, 0) is 11.3 Å². The van der Waals surface area contributed by atoms with E-state index < -0.39 is 12.0 Å². The third kappa shape index (κ3) is 6.75. The van der Waals surface area contributed by atoms with Crippen molar-refractivity contribution in [2.24, 2.45) is 10.4 Å². The Morgan fingerprint density at radius 2 is 1.96 bits per heavy atom. The highest BCUT2D eigenvalue weighted by atomic mass is 127. The molecule has 1 aliphatic rings. The highest BCUT2D eigenvalue weighted by Crippen LogP contribution is 2.38. The zero-order chi connectivity index (χ0) is 19.9. The molecular formula is C19H29F2IN4O2. The Labute approximate surface area is 182 Å². The van der Waals surface area contributed by atoms with Crippen molar-refractivity contribution in [3.05, 3.63) is 29.8 Å². The average molecular weight is 510 g/mol. The van der Waals surface area contributed by atoms with E-state index in [2.05, 4.69) is 20.4 Å². The van der Waals surface area contributed by atoms with Crippen LogP contribution < -0.4 is 15.4 Å². The number of carbonyl (C=O) groups is 1. The molecule has 0 atom stereocenters. The number of hydrogen-bond donors (Lipinski definition) is 2. The molecule has 0 aliphatic heterocycles. The van der Waals surface area contributed by atoms with Gasteiger partial charge in [-0.3, -0.25) is 9.79 Å². The number of carbonyl (C=O) groups excluding carboxylic acids is 1. The first-order valence-corrected chi connectivity index (χ1v) is 9.06. The number of benzene rings is 1. The number of amides is 1. The van der Waals surface area contributed by atoms with Crippen LogP contribution in [0.3, 0.4) is 0 Å². The highest BCUT2D eigenvalue weighted by Gasteiger charge is 2.42. The summed E-state index contributed by atoms with van der Waals surface area (Å²) in [5, 5.41) is 6.39. The third-order valence-electron chi connectivity index (χ3n) is 4.82. The van der Waals surface area contributed by atoms with Crippen LogP contribution in [0.1, 0.15) is 31.2 Å². The van der Waals surface area contributed by atoms with Crippen molar-refractivity contribution in [1.82, 2.24) is 15.5 Å². The van der Waals surface area contributed by atoms with E-state index >= 15 is 0 Å². The van der Waals surface area contributed by atoms with E-state index in [1.807, 2.05) is 6.07 Å². The minimum Gasteiger partial charge on any atom is -0.435 e. The van der Waals surface area contributed by atoms with Crippen LogP contribution in [-0.4, -0.2) is 51.1 Å². The fourth-order valence-electron chi connectivity index (χ4n) is 3.48. The first-order chi connectivity index (χ1) is 12.9.